The lowest BCUT2D eigenvalue weighted by Gasteiger charge is -2.35. The first-order chi connectivity index (χ1) is 13.2. The Labute approximate surface area is 161 Å². The van der Waals surface area contributed by atoms with Gasteiger partial charge in [0.2, 0.25) is 0 Å². The molecular formula is C18H24F3N3O4. The maximum absolute atomic E-state index is 12.5. The number of alkyl halides is 3. The van der Waals surface area contributed by atoms with Crippen molar-refractivity contribution in [2.24, 2.45) is 0 Å². The third-order valence-corrected chi connectivity index (χ3v) is 4.43. The molecule has 10 heteroatoms. The third kappa shape index (κ3) is 6.59. The summed E-state index contributed by atoms with van der Waals surface area (Å²) in [5.74, 6) is -0.882. The van der Waals surface area contributed by atoms with Crippen LogP contribution in [0.1, 0.15) is 18.9 Å². The Morgan fingerprint density at radius 3 is 2.46 bits per heavy atom. The molecule has 2 rings (SSSR count). The number of benzene rings is 1. The number of hydrogen-bond acceptors (Lipinski definition) is 5. The number of para-hydroxylation sites is 1. The van der Waals surface area contributed by atoms with E-state index in [1.165, 1.54) is 4.90 Å². The Morgan fingerprint density at radius 2 is 1.86 bits per heavy atom. The Morgan fingerprint density at radius 1 is 1.21 bits per heavy atom. The van der Waals surface area contributed by atoms with Gasteiger partial charge in [-0.3, -0.25) is 9.69 Å². The second kappa shape index (κ2) is 9.63. The number of nitrogens with one attached hydrogen (secondary N) is 1. The summed E-state index contributed by atoms with van der Waals surface area (Å²) in [4.78, 5) is 25.9. The molecule has 1 fully saturated rings. The quantitative estimate of drug-likeness (QED) is 0.729. The molecule has 0 saturated carbocycles. The molecule has 1 saturated heterocycles. The van der Waals surface area contributed by atoms with Crippen LogP contribution in [0.25, 0.3) is 0 Å². The van der Waals surface area contributed by atoms with Crippen molar-refractivity contribution in [1.29, 1.82) is 0 Å². The van der Waals surface area contributed by atoms with E-state index in [4.69, 9.17) is 5.11 Å². The van der Waals surface area contributed by atoms with Crippen molar-refractivity contribution in [3.05, 3.63) is 29.8 Å². The Hall–Kier alpha value is -2.49. The van der Waals surface area contributed by atoms with Gasteiger partial charge in [0.1, 0.15) is 0 Å². The average molecular weight is 403 g/mol. The van der Waals surface area contributed by atoms with Gasteiger partial charge in [-0.1, -0.05) is 18.2 Å². The molecule has 0 aromatic heterocycles. The minimum Gasteiger partial charge on any atom is -0.481 e. The minimum absolute atomic E-state index is 0.00543. The van der Waals surface area contributed by atoms with Crippen LogP contribution in [0.15, 0.2) is 24.3 Å². The van der Waals surface area contributed by atoms with E-state index in [1.54, 1.807) is 0 Å². The molecule has 1 aliphatic rings. The van der Waals surface area contributed by atoms with Crippen LogP contribution in [0.3, 0.4) is 0 Å². The molecule has 0 spiro atoms. The summed E-state index contributed by atoms with van der Waals surface area (Å²) < 4.78 is 42.0. The Kier molecular flexibility index (Phi) is 7.50. The number of carbonyl (C=O) groups excluding carboxylic acids is 1. The Bertz CT molecular complexity index is 676. The number of rotatable bonds is 7. The fraction of sp³-hybridized carbons (Fsp3) is 0.556. The fourth-order valence-corrected chi connectivity index (χ4v) is 2.76. The summed E-state index contributed by atoms with van der Waals surface area (Å²) in [5.41, 5.74) is 1.82. The van der Waals surface area contributed by atoms with Gasteiger partial charge >= 0.3 is 18.2 Å². The summed E-state index contributed by atoms with van der Waals surface area (Å²) in [5, 5.41) is 11.8. The first-order valence-corrected chi connectivity index (χ1v) is 8.95. The molecule has 1 amide bonds. The van der Waals surface area contributed by atoms with Gasteiger partial charge in [-0.25, -0.2) is 4.79 Å². The zero-order valence-electron chi connectivity index (χ0n) is 15.5. The van der Waals surface area contributed by atoms with Crippen LogP contribution in [0.4, 0.5) is 23.7 Å². The van der Waals surface area contributed by atoms with Crippen LogP contribution in [-0.2, 0) is 16.1 Å². The number of hydrogen-bond donors (Lipinski definition) is 2. The van der Waals surface area contributed by atoms with Crippen molar-refractivity contribution in [2.45, 2.75) is 32.2 Å². The number of carboxylic acid groups (broad SMARTS) is 1. The molecule has 1 atom stereocenters. The first kappa shape index (κ1) is 21.8. The molecule has 1 aromatic carbocycles. The van der Waals surface area contributed by atoms with Crippen molar-refractivity contribution >= 4 is 17.7 Å². The summed E-state index contributed by atoms with van der Waals surface area (Å²) in [6, 6.07) is 7.52. The highest BCUT2D eigenvalue weighted by Crippen LogP contribution is 2.23. The normalized spacial score (nSPS) is 16.5. The van der Waals surface area contributed by atoms with E-state index in [9.17, 15) is 22.8 Å². The van der Waals surface area contributed by atoms with E-state index in [0.717, 1.165) is 18.2 Å². The summed E-state index contributed by atoms with van der Waals surface area (Å²) >= 11 is 0. The summed E-state index contributed by atoms with van der Waals surface area (Å²) in [6.07, 6.45) is -7.66. The van der Waals surface area contributed by atoms with Crippen LogP contribution < -0.4 is 5.32 Å². The van der Waals surface area contributed by atoms with Crippen molar-refractivity contribution in [2.75, 3.05) is 38.0 Å². The predicted molar refractivity (Wildman–Crippen MR) is 96.0 cm³/mol. The van der Waals surface area contributed by atoms with Crippen LogP contribution in [0, 0.1) is 0 Å². The predicted octanol–water partition coefficient (Wildman–Crippen LogP) is 2.78. The lowest BCUT2D eigenvalue weighted by Crippen LogP contribution is -2.49. The molecule has 1 aliphatic heterocycles. The molecule has 2 N–H and O–H groups in total. The highest BCUT2D eigenvalue weighted by Gasteiger charge is 2.40. The average Bonchev–Trinajstić information content (AvgIpc) is 2.62. The number of amides is 1. The van der Waals surface area contributed by atoms with Gasteiger partial charge in [-0.05, 0) is 18.6 Å². The van der Waals surface area contributed by atoms with E-state index >= 15 is 0 Å². The number of halogens is 3. The zero-order chi connectivity index (χ0) is 20.7. The maximum Gasteiger partial charge on any atom is 0.425 e. The number of anilines is 1. The molecule has 0 bridgehead atoms. The van der Waals surface area contributed by atoms with E-state index in [1.807, 2.05) is 24.3 Å². The lowest BCUT2D eigenvalue weighted by atomic mass is 10.1. The largest absolute Gasteiger partial charge is 0.481 e. The highest BCUT2D eigenvalue weighted by molar-refractivity contribution is 5.68. The zero-order valence-corrected chi connectivity index (χ0v) is 15.5. The van der Waals surface area contributed by atoms with Crippen LogP contribution >= 0.6 is 0 Å². The minimum atomic E-state index is -4.57. The number of carbonyl (C=O) groups is 2. The molecule has 1 unspecified atom stereocenters. The molecule has 156 valence electrons. The standard InChI is InChI=1S/C18H24F3N3O4/c1-13(18(19,20)21)28-17(27)24-10-8-23(9-11-24)12-14-4-2-3-5-15(14)22-7-6-16(25)26/h2-5,13,22H,6-12H2,1H3,(H,25,26). The van der Waals surface area contributed by atoms with E-state index in [2.05, 4.69) is 15.0 Å². The number of ether oxygens (including phenoxy) is 1. The van der Waals surface area contributed by atoms with E-state index in [0.29, 0.717) is 26.2 Å². The van der Waals surface area contributed by atoms with E-state index in [-0.39, 0.29) is 19.5 Å². The van der Waals surface area contributed by atoms with Gasteiger partial charge < -0.3 is 20.1 Å². The lowest BCUT2D eigenvalue weighted by molar-refractivity contribution is -0.200. The molecule has 7 nitrogen and oxygen atoms in total. The molecular weight excluding hydrogens is 379 g/mol. The van der Waals surface area contributed by atoms with Gasteiger partial charge in [0.25, 0.3) is 0 Å². The van der Waals surface area contributed by atoms with E-state index < -0.39 is 24.3 Å². The van der Waals surface area contributed by atoms with Crippen molar-refractivity contribution in [3.63, 3.8) is 0 Å². The van der Waals surface area contributed by atoms with Crippen molar-refractivity contribution in [1.82, 2.24) is 9.80 Å². The number of aliphatic carboxylic acids is 1. The van der Waals surface area contributed by atoms with Gasteiger partial charge in [0, 0.05) is 45.0 Å². The molecule has 1 aromatic rings. The number of piperazine rings is 1. The van der Waals surface area contributed by atoms with Crippen LogP contribution in [0.5, 0.6) is 0 Å². The SMILES string of the molecule is CC(OC(=O)N1CCN(Cc2ccccc2NCCC(=O)O)CC1)C(F)(F)F. The maximum atomic E-state index is 12.5. The smallest absolute Gasteiger partial charge is 0.425 e. The second-order valence-electron chi connectivity index (χ2n) is 6.56. The molecule has 0 aliphatic carbocycles. The summed E-state index contributed by atoms with van der Waals surface area (Å²) in [7, 11) is 0. The molecule has 1 heterocycles. The van der Waals surface area contributed by atoms with Crippen LogP contribution in [-0.4, -0.2) is 72.0 Å². The Balaban J connectivity index is 1.84. The highest BCUT2D eigenvalue weighted by atomic mass is 19.4. The number of nitrogens with zero attached hydrogens (tertiary/aromatic N) is 2. The third-order valence-electron chi connectivity index (χ3n) is 4.43. The van der Waals surface area contributed by atoms with Gasteiger partial charge in [0.05, 0.1) is 6.42 Å². The molecule has 0 radical (unpaired) electrons. The van der Waals surface area contributed by atoms with Crippen molar-refractivity contribution < 1.29 is 32.6 Å². The fourth-order valence-electron chi connectivity index (χ4n) is 2.76. The van der Waals surface area contributed by atoms with Crippen molar-refractivity contribution in [3.8, 4) is 0 Å². The second-order valence-corrected chi connectivity index (χ2v) is 6.56. The van der Waals surface area contributed by atoms with Gasteiger partial charge in [-0.2, -0.15) is 13.2 Å². The van der Waals surface area contributed by atoms with Gasteiger partial charge in [0.15, 0.2) is 6.10 Å². The number of carboxylic acids is 1. The van der Waals surface area contributed by atoms with Gasteiger partial charge in [-0.15, -0.1) is 0 Å². The van der Waals surface area contributed by atoms with Crippen LogP contribution in [0.2, 0.25) is 0 Å². The molecule has 28 heavy (non-hydrogen) atoms. The first-order valence-electron chi connectivity index (χ1n) is 8.95. The monoisotopic (exact) mass is 403 g/mol. The topological polar surface area (TPSA) is 82.1 Å². The summed E-state index contributed by atoms with van der Waals surface area (Å²) in [6.45, 7) is 3.25.